The number of carbonyl (C=O) groups is 1. The Morgan fingerprint density at radius 2 is 2.21 bits per heavy atom. The van der Waals surface area contributed by atoms with Crippen LogP contribution in [0.25, 0.3) is 0 Å². The largest absolute Gasteiger partial charge is 0.453 e. The number of aromatic nitrogens is 1. The van der Waals surface area contributed by atoms with Gasteiger partial charge in [-0.25, -0.2) is 4.98 Å². The van der Waals surface area contributed by atoms with E-state index in [2.05, 4.69) is 15.7 Å². The van der Waals surface area contributed by atoms with Crippen molar-refractivity contribution in [2.24, 2.45) is 0 Å². The first-order valence-electron chi connectivity index (χ1n) is 8.11. The number of furan rings is 1. The van der Waals surface area contributed by atoms with Crippen molar-refractivity contribution in [3.63, 3.8) is 0 Å². The van der Waals surface area contributed by atoms with Crippen LogP contribution in [-0.2, 0) is 11.3 Å². The first-order valence-corrected chi connectivity index (χ1v) is 9.87. The Hall–Kier alpha value is -1.31. The summed E-state index contributed by atoms with van der Waals surface area (Å²) < 4.78 is 11.6. The molecule has 1 aliphatic rings. The number of thiazole rings is 1. The molecule has 0 spiro atoms. The maximum atomic E-state index is 12.2. The van der Waals surface area contributed by atoms with Crippen molar-refractivity contribution in [1.82, 2.24) is 10.3 Å². The Morgan fingerprint density at radius 3 is 2.88 bits per heavy atom. The molecule has 3 rings (SSSR count). The van der Waals surface area contributed by atoms with Crippen molar-refractivity contribution >= 4 is 29.0 Å². The monoisotopic (exact) mass is 366 g/mol. The molecule has 1 amide bonds. The molecule has 0 bridgehead atoms. The summed E-state index contributed by atoms with van der Waals surface area (Å²) in [7, 11) is 1.60. The van der Waals surface area contributed by atoms with E-state index in [1.807, 2.05) is 18.7 Å². The van der Waals surface area contributed by atoms with Gasteiger partial charge in [-0.3, -0.25) is 4.79 Å². The number of thioether (sulfide) groups is 1. The van der Waals surface area contributed by atoms with Crippen LogP contribution in [0.5, 0.6) is 0 Å². The lowest BCUT2D eigenvalue weighted by atomic mass is 9.95. The second kappa shape index (κ2) is 8.18. The number of aryl methyl sites for hydroxylation is 1. The van der Waals surface area contributed by atoms with E-state index in [-0.39, 0.29) is 11.9 Å². The normalized spacial score (nSPS) is 20.9. The minimum Gasteiger partial charge on any atom is -0.453 e. The van der Waals surface area contributed by atoms with Crippen molar-refractivity contribution in [2.45, 2.75) is 54.8 Å². The van der Waals surface area contributed by atoms with Crippen molar-refractivity contribution in [2.75, 3.05) is 7.11 Å². The molecule has 0 saturated heterocycles. The van der Waals surface area contributed by atoms with Crippen molar-refractivity contribution in [1.29, 1.82) is 0 Å². The molecule has 2 aromatic heterocycles. The van der Waals surface area contributed by atoms with Crippen molar-refractivity contribution in [3.8, 4) is 0 Å². The molecule has 5 nitrogen and oxygen atoms in total. The smallest absolute Gasteiger partial charge is 0.287 e. The zero-order valence-electron chi connectivity index (χ0n) is 13.9. The number of rotatable bonds is 6. The van der Waals surface area contributed by atoms with Gasteiger partial charge < -0.3 is 14.5 Å². The SMILES string of the molecule is COCc1ccc(C(=O)NC2CCC(Sc3nc(C)cs3)CC2)o1. The van der Waals surface area contributed by atoms with Gasteiger partial charge in [0.1, 0.15) is 16.7 Å². The number of nitrogens with one attached hydrogen (secondary N) is 1. The third-order valence-corrected chi connectivity index (χ3v) is 6.47. The molecule has 0 radical (unpaired) electrons. The van der Waals surface area contributed by atoms with E-state index in [0.29, 0.717) is 23.4 Å². The maximum absolute atomic E-state index is 12.2. The van der Waals surface area contributed by atoms with Crippen LogP contribution in [0.15, 0.2) is 26.3 Å². The van der Waals surface area contributed by atoms with Gasteiger partial charge in [-0.05, 0) is 44.7 Å². The fraction of sp³-hybridized carbons (Fsp3) is 0.529. The number of nitrogens with zero attached hydrogens (tertiary/aromatic N) is 1. The molecule has 1 saturated carbocycles. The number of hydrogen-bond donors (Lipinski definition) is 1. The number of methoxy groups -OCH3 is 1. The number of hydrogen-bond acceptors (Lipinski definition) is 6. The fourth-order valence-electron chi connectivity index (χ4n) is 2.83. The molecule has 130 valence electrons. The van der Waals surface area contributed by atoms with E-state index in [0.717, 1.165) is 35.7 Å². The van der Waals surface area contributed by atoms with E-state index in [1.165, 1.54) is 0 Å². The average molecular weight is 367 g/mol. The summed E-state index contributed by atoms with van der Waals surface area (Å²) in [4.78, 5) is 16.8. The quantitative estimate of drug-likeness (QED) is 0.836. The predicted octanol–water partition coefficient (Wildman–Crippen LogP) is 4.02. The fourth-order valence-corrected chi connectivity index (χ4v) is 5.12. The van der Waals surface area contributed by atoms with Gasteiger partial charge in [-0.15, -0.1) is 11.3 Å². The van der Waals surface area contributed by atoms with Gasteiger partial charge in [0.2, 0.25) is 0 Å². The van der Waals surface area contributed by atoms with E-state index in [9.17, 15) is 4.79 Å². The molecule has 0 aromatic carbocycles. The van der Waals surface area contributed by atoms with E-state index in [1.54, 1.807) is 30.6 Å². The summed E-state index contributed by atoms with van der Waals surface area (Å²) in [6.07, 6.45) is 4.20. The van der Waals surface area contributed by atoms with Gasteiger partial charge in [0.25, 0.3) is 5.91 Å². The minimum absolute atomic E-state index is 0.135. The highest BCUT2D eigenvalue weighted by molar-refractivity contribution is 8.01. The highest BCUT2D eigenvalue weighted by Crippen LogP contribution is 2.35. The topological polar surface area (TPSA) is 64.4 Å². The summed E-state index contributed by atoms with van der Waals surface area (Å²) in [6.45, 7) is 2.41. The lowest BCUT2D eigenvalue weighted by molar-refractivity contribution is 0.0891. The Morgan fingerprint density at radius 1 is 1.42 bits per heavy atom. The zero-order chi connectivity index (χ0) is 16.9. The first-order chi connectivity index (χ1) is 11.6. The average Bonchev–Trinajstić information content (AvgIpc) is 3.19. The highest BCUT2D eigenvalue weighted by atomic mass is 32.2. The summed E-state index contributed by atoms with van der Waals surface area (Å²) in [5.74, 6) is 0.891. The molecule has 1 fully saturated rings. The molecular weight excluding hydrogens is 344 g/mol. The zero-order valence-corrected chi connectivity index (χ0v) is 15.5. The van der Waals surface area contributed by atoms with Gasteiger partial charge in [0.15, 0.2) is 5.76 Å². The van der Waals surface area contributed by atoms with Crippen LogP contribution < -0.4 is 5.32 Å². The summed E-state index contributed by atoms with van der Waals surface area (Å²) in [5, 5.41) is 5.77. The predicted molar refractivity (Wildman–Crippen MR) is 95.6 cm³/mol. The number of ether oxygens (including phenoxy) is 1. The summed E-state index contributed by atoms with van der Waals surface area (Å²) in [5.41, 5.74) is 1.09. The van der Waals surface area contributed by atoms with Crippen LogP contribution in [0.3, 0.4) is 0 Å². The molecule has 2 aromatic rings. The van der Waals surface area contributed by atoms with Gasteiger partial charge in [-0.2, -0.15) is 0 Å². The third-order valence-electron chi connectivity index (χ3n) is 4.05. The number of amides is 1. The maximum Gasteiger partial charge on any atom is 0.287 e. The molecule has 24 heavy (non-hydrogen) atoms. The highest BCUT2D eigenvalue weighted by Gasteiger charge is 2.25. The van der Waals surface area contributed by atoms with Crippen LogP contribution in [0, 0.1) is 6.92 Å². The van der Waals surface area contributed by atoms with E-state index < -0.39 is 0 Å². The summed E-state index contributed by atoms with van der Waals surface area (Å²) >= 11 is 3.59. The van der Waals surface area contributed by atoms with Crippen molar-refractivity contribution < 1.29 is 13.9 Å². The molecule has 7 heteroatoms. The Labute approximate surface area is 150 Å². The van der Waals surface area contributed by atoms with Crippen LogP contribution >= 0.6 is 23.1 Å². The van der Waals surface area contributed by atoms with Crippen LogP contribution in [0.2, 0.25) is 0 Å². The second-order valence-electron chi connectivity index (χ2n) is 6.02. The molecular formula is C17H22N2O3S2. The molecule has 1 N–H and O–H groups in total. The molecule has 2 heterocycles. The van der Waals surface area contributed by atoms with Gasteiger partial charge in [0, 0.05) is 29.5 Å². The van der Waals surface area contributed by atoms with Crippen LogP contribution in [-0.4, -0.2) is 29.3 Å². The molecule has 0 atom stereocenters. The minimum atomic E-state index is -0.135. The van der Waals surface area contributed by atoms with Gasteiger partial charge >= 0.3 is 0 Å². The molecule has 1 aliphatic carbocycles. The lowest BCUT2D eigenvalue weighted by Crippen LogP contribution is -2.38. The summed E-state index contributed by atoms with van der Waals surface area (Å²) in [6, 6.07) is 3.71. The molecule has 0 unspecified atom stereocenters. The molecule has 0 aliphatic heterocycles. The van der Waals surface area contributed by atoms with Crippen molar-refractivity contribution in [3.05, 3.63) is 34.7 Å². The Balaban J connectivity index is 1.45. The second-order valence-corrected chi connectivity index (χ2v) is 8.42. The lowest BCUT2D eigenvalue weighted by Gasteiger charge is -2.27. The first kappa shape index (κ1) is 17.5. The van der Waals surface area contributed by atoms with E-state index >= 15 is 0 Å². The standard InChI is InChI=1S/C17H22N2O3S2/c1-11-10-23-17(18-11)24-14-6-3-12(4-7-14)19-16(20)15-8-5-13(22-15)9-21-2/h5,8,10,12,14H,3-4,6-7,9H2,1-2H3,(H,19,20). The van der Waals surface area contributed by atoms with Crippen LogP contribution in [0.4, 0.5) is 0 Å². The van der Waals surface area contributed by atoms with Gasteiger partial charge in [-0.1, -0.05) is 11.8 Å². The Bertz CT molecular complexity index is 675. The van der Waals surface area contributed by atoms with E-state index in [4.69, 9.17) is 9.15 Å². The van der Waals surface area contributed by atoms with Crippen LogP contribution in [0.1, 0.15) is 47.7 Å². The van der Waals surface area contributed by atoms with Gasteiger partial charge in [0.05, 0.1) is 0 Å². The number of carbonyl (C=O) groups excluding carboxylic acids is 1. The Kier molecular flexibility index (Phi) is 5.97. The third kappa shape index (κ3) is 4.62.